The number of hydrogen-bond acceptors (Lipinski definition) is 2. The fourth-order valence-corrected chi connectivity index (χ4v) is 1.25. The highest BCUT2D eigenvalue weighted by Crippen LogP contribution is 2.20. The van der Waals surface area contributed by atoms with Crippen LogP contribution in [0.15, 0.2) is 0 Å². The minimum Gasteiger partial charge on any atom is -0.340 e. The molecule has 0 aliphatic rings. The predicted octanol–water partition coefficient (Wildman–Crippen LogP) is 2.12. The fraction of sp³-hybridized carbons (Fsp3) is 0.600. The highest BCUT2D eigenvalue weighted by Gasteiger charge is 2.15. The van der Waals surface area contributed by atoms with Gasteiger partial charge in [-0.25, -0.2) is 4.98 Å². The summed E-state index contributed by atoms with van der Waals surface area (Å²) in [6.45, 7) is 8.41. The third-order valence-corrected chi connectivity index (χ3v) is 1.81. The summed E-state index contributed by atoms with van der Waals surface area (Å²) >= 11 is 0. The van der Waals surface area contributed by atoms with Gasteiger partial charge in [0.2, 0.25) is 0 Å². The van der Waals surface area contributed by atoms with Gasteiger partial charge in [-0.1, -0.05) is 20.8 Å². The smallest absolute Gasteiger partial charge is 0.185 e. The zero-order chi connectivity index (χ0) is 10.1. The Morgan fingerprint density at radius 3 is 2.46 bits per heavy atom. The van der Waals surface area contributed by atoms with Crippen LogP contribution in [-0.2, 0) is 6.42 Å². The average molecular weight is 180 g/mol. The van der Waals surface area contributed by atoms with Crippen molar-refractivity contribution < 1.29 is 4.79 Å². The number of aromatic nitrogens is 2. The molecule has 0 aliphatic carbocycles. The summed E-state index contributed by atoms with van der Waals surface area (Å²) in [4.78, 5) is 17.6. The van der Waals surface area contributed by atoms with Gasteiger partial charge < -0.3 is 4.98 Å². The van der Waals surface area contributed by atoms with Crippen LogP contribution in [0.3, 0.4) is 0 Å². The first-order chi connectivity index (χ1) is 5.92. The Hall–Kier alpha value is -1.12. The van der Waals surface area contributed by atoms with Gasteiger partial charge in [-0.15, -0.1) is 0 Å². The molecule has 0 radical (unpaired) electrons. The van der Waals surface area contributed by atoms with E-state index in [2.05, 4.69) is 30.7 Å². The number of imidazole rings is 1. The van der Waals surface area contributed by atoms with Crippen LogP contribution >= 0.6 is 0 Å². The quantitative estimate of drug-likeness (QED) is 0.708. The summed E-state index contributed by atoms with van der Waals surface area (Å²) in [6.07, 6.45) is 1.64. The fourth-order valence-electron chi connectivity index (χ4n) is 1.25. The van der Waals surface area contributed by atoms with Crippen LogP contribution in [-0.4, -0.2) is 16.3 Å². The highest BCUT2D eigenvalue weighted by atomic mass is 16.1. The molecule has 3 heteroatoms. The van der Waals surface area contributed by atoms with Gasteiger partial charge in [0, 0.05) is 5.69 Å². The molecule has 3 nitrogen and oxygen atoms in total. The lowest BCUT2D eigenvalue weighted by Gasteiger charge is -2.16. The first-order valence-electron chi connectivity index (χ1n) is 4.43. The van der Waals surface area contributed by atoms with Crippen LogP contribution in [0.1, 0.15) is 42.8 Å². The molecule has 72 valence electrons. The largest absolute Gasteiger partial charge is 0.340 e. The van der Waals surface area contributed by atoms with Gasteiger partial charge in [-0.3, -0.25) is 4.79 Å². The number of aromatic amines is 1. The van der Waals surface area contributed by atoms with E-state index in [1.54, 1.807) is 0 Å². The Labute approximate surface area is 78.6 Å². The molecular weight excluding hydrogens is 164 g/mol. The Kier molecular flexibility index (Phi) is 2.55. The second-order valence-corrected chi connectivity index (χ2v) is 4.55. The number of rotatable bonds is 2. The second kappa shape index (κ2) is 3.32. The standard InChI is InChI=1S/C10H16N2O/c1-7-8(5-10(2,3)4)12-9(6-13)11-7/h6H,5H2,1-4H3,(H,11,12). The van der Waals surface area contributed by atoms with E-state index in [0.717, 1.165) is 24.1 Å². The lowest BCUT2D eigenvalue weighted by Crippen LogP contribution is -2.10. The van der Waals surface area contributed by atoms with Crippen molar-refractivity contribution in [3.63, 3.8) is 0 Å². The number of hydrogen-bond donors (Lipinski definition) is 1. The Morgan fingerprint density at radius 2 is 2.08 bits per heavy atom. The number of carbonyl (C=O) groups is 1. The van der Waals surface area contributed by atoms with E-state index >= 15 is 0 Å². The van der Waals surface area contributed by atoms with Crippen LogP contribution in [0.5, 0.6) is 0 Å². The van der Waals surface area contributed by atoms with Gasteiger partial charge in [-0.2, -0.15) is 0 Å². The zero-order valence-corrected chi connectivity index (χ0v) is 8.64. The highest BCUT2D eigenvalue weighted by molar-refractivity contribution is 5.69. The molecule has 0 saturated carbocycles. The summed E-state index contributed by atoms with van der Waals surface area (Å²) in [5.41, 5.74) is 2.20. The Morgan fingerprint density at radius 1 is 1.46 bits per heavy atom. The van der Waals surface area contributed by atoms with Crippen molar-refractivity contribution in [1.29, 1.82) is 0 Å². The first-order valence-corrected chi connectivity index (χ1v) is 4.43. The van der Waals surface area contributed by atoms with Gasteiger partial charge in [0.05, 0.1) is 5.69 Å². The van der Waals surface area contributed by atoms with Crippen LogP contribution in [0.25, 0.3) is 0 Å². The SMILES string of the molecule is Cc1[nH]c(C=O)nc1CC(C)(C)C. The third-order valence-electron chi connectivity index (χ3n) is 1.81. The topological polar surface area (TPSA) is 45.8 Å². The molecular formula is C10H16N2O. The maximum Gasteiger partial charge on any atom is 0.185 e. The summed E-state index contributed by atoms with van der Waals surface area (Å²) in [5.74, 6) is 0.428. The summed E-state index contributed by atoms with van der Waals surface area (Å²) < 4.78 is 0. The predicted molar refractivity (Wildman–Crippen MR) is 51.9 cm³/mol. The monoisotopic (exact) mass is 180 g/mol. The molecule has 0 spiro atoms. The molecule has 0 bridgehead atoms. The lowest BCUT2D eigenvalue weighted by molar-refractivity contribution is 0.111. The van der Waals surface area contributed by atoms with Crippen molar-refractivity contribution in [2.45, 2.75) is 34.1 Å². The maximum absolute atomic E-state index is 10.4. The molecule has 0 saturated heterocycles. The van der Waals surface area contributed by atoms with E-state index in [9.17, 15) is 4.79 Å². The van der Waals surface area contributed by atoms with Crippen LogP contribution < -0.4 is 0 Å². The summed E-state index contributed by atoms with van der Waals surface area (Å²) in [5, 5.41) is 0. The van der Waals surface area contributed by atoms with E-state index in [0.29, 0.717) is 5.82 Å². The van der Waals surface area contributed by atoms with Gasteiger partial charge >= 0.3 is 0 Å². The number of H-pyrrole nitrogens is 1. The maximum atomic E-state index is 10.4. The third kappa shape index (κ3) is 2.68. The van der Waals surface area contributed by atoms with Crippen molar-refractivity contribution in [3.8, 4) is 0 Å². The number of aryl methyl sites for hydroxylation is 1. The Bertz CT molecular complexity index is 307. The Balaban J connectivity index is 2.89. The molecule has 0 aliphatic heterocycles. The van der Waals surface area contributed by atoms with Gasteiger partial charge in [0.15, 0.2) is 12.1 Å². The van der Waals surface area contributed by atoms with Crippen molar-refractivity contribution in [1.82, 2.24) is 9.97 Å². The van der Waals surface area contributed by atoms with E-state index < -0.39 is 0 Å². The van der Waals surface area contributed by atoms with Crippen LogP contribution in [0.2, 0.25) is 0 Å². The molecule has 0 aromatic carbocycles. The molecule has 0 unspecified atom stereocenters. The van der Waals surface area contributed by atoms with Crippen molar-refractivity contribution in [3.05, 3.63) is 17.2 Å². The van der Waals surface area contributed by atoms with E-state index in [1.165, 1.54) is 0 Å². The molecule has 1 N–H and O–H groups in total. The number of nitrogens with zero attached hydrogens (tertiary/aromatic N) is 1. The van der Waals surface area contributed by atoms with Gasteiger partial charge in [-0.05, 0) is 18.8 Å². The normalized spacial score (nSPS) is 11.7. The minimum absolute atomic E-state index is 0.208. The molecule has 1 rings (SSSR count). The van der Waals surface area contributed by atoms with Crippen molar-refractivity contribution in [2.24, 2.45) is 5.41 Å². The molecule has 0 atom stereocenters. The first kappa shape index (κ1) is 9.96. The van der Waals surface area contributed by atoms with Gasteiger partial charge in [0.1, 0.15) is 0 Å². The zero-order valence-electron chi connectivity index (χ0n) is 8.64. The van der Waals surface area contributed by atoms with E-state index in [4.69, 9.17) is 0 Å². The average Bonchev–Trinajstić information content (AvgIpc) is 2.29. The molecule has 1 heterocycles. The molecule has 1 aromatic heterocycles. The van der Waals surface area contributed by atoms with Crippen LogP contribution in [0.4, 0.5) is 0 Å². The molecule has 0 fully saturated rings. The molecule has 0 amide bonds. The number of carbonyl (C=O) groups excluding carboxylic acids is 1. The van der Waals surface area contributed by atoms with Crippen LogP contribution in [0, 0.1) is 12.3 Å². The van der Waals surface area contributed by atoms with Gasteiger partial charge in [0.25, 0.3) is 0 Å². The summed E-state index contributed by atoms with van der Waals surface area (Å²) in [7, 11) is 0. The molecule has 1 aromatic rings. The van der Waals surface area contributed by atoms with E-state index in [1.807, 2.05) is 6.92 Å². The number of aldehydes is 1. The van der Waals surface area contributed by atoms with Crippen molar-refractivity contribution >= 4 is 6.29 Å². The second-order valence-electron chi connectivity index (χ2n) is 4.55. The summed E-state index contributed by atoms with van der Waals surface area (Å²) in [6, 6.07) is 0. The number of nitrogens with one attached hydrogen (secondary N) is 1. The molecule has 13 heavy (non-hydrogen) atoms. The van der Waals surface area contributed by atoms with E-state index in [-0.39, 0.29) is 5.41 Å². The minimum atomic E-state index is 0.208. The van der Waals surface area contributed by atoms with Crippen molar-refractivity contribution in [2.75, 3.05) is 0 Å². The lowest BCUT2D eigenvalue weighted by atomic mass is 9.90.